The van der Waals surface area contributed by atoms with E-state index in [1.165, 1.54) is 67.2 Å². The van der Waals surface area contributed by atoms with E-state index in [0.717, 1.165) is 65.2 Å². The normalized spacial score (nSPS) is 10.1. The summed E-state index contributed by atoms with van der Waals surface area (Å²) >= 11 is 0. The molecule has 2 aromatic carbocycles. The first-order chi connectivity index (χ1) is 17.3. The summed E-state index contributed by atoms with van der Waals surface area (Å²) in [5, 5.41) is 14.3. The Kier molecular flexibility index (Phi) is 33.4. The quantitative estimate of drug-likeness (QED) is 0.104. The highest BCUT2D eigenvalue weighted by Crippen LogP contribution is 2.06. The van der Waals surface area contributed by atoms with Crippen molar-refractivity contribution in [1.29, 1.82) is 0 Å². The lowest BCUT2D eigenvalue weighted by Crippen LogP contribution is -2.22. The minimum Gasteiger partial charge on any atom is -0.317 e. The van der Waals surface area contributed by atoms with Gasteiger partial charge in [0, 0.05) is 13.1 Å². The second-order valence-electron chi connectivity index (χ2n) is 9.67. The Labute approximate surface area is 264 Å². The SMILES string of the molecule is CCc1ccc(CNCCCNCCCCCCCNCCCNCc2ccc(CC)cc2)cc1.Cl.Cl.Cl.Cl. The van der Waals surface area contributed by atoms with Crippen molar-refractivity contribution in [2.45, 2.75) is 84.7 Å². The molecule has 228 valence electrons. The molecule has 0 aliphatic rings. The number of benzene rings is 2. The summed E-state index contributed by atoms with van der Waals surface area (Å²) in [6.45, 7) is 13.1. The third-order valence-corrected chi connectivity index (χ3v) is 6.64. The Balaban J connectivity index is -0.00000324. The molecular weight excluding hydrogens is 570 g/mol. The molecule has 4 nitrogen and oxygen atoms in total. The molecule has 2 aromatic rings. The van der Waals surface area contributed by atoms with Gasteiger partial charge in [-0.15, -0.1) is 49.6 Å². The maximum Gasteiger partial charge on any atom is 0.0205 e. The van der Waals surface area contributed by atoms with Crippen molar-refractivity contribution >= 4 is 49.6 Å². The summed E-state index contributed by atoms with van der Waals surface area (Å²) in [4.78, 5) is 0. The monoisotopic (exact) mass is 624 g/mol. The summed E-state index contributed by atoms with van der Waals surface area (Å²) in [5.41, 5.74) is 5.59. The van der Waals surface area contributed by atoms with E-state index in [1.54, 1.807) is 0 Å². The number of nitrogens with one attached hydrogen (secondary N) is 4. The van der Waals surface area contributed by atoms with E-state index in [0.29, 0.717) is 0 Å². The maximum absolute atomic E-state index is 3.59. The minimum absolute atomic E-state index is 0. The maximum atomic E-state index is 3.59. The second kappa shape index (κ2) is 30.4. The number of unbranched alkanes of at least 4 members (excludes halogenated alkanes) is 4. The molecule has 0 saturated carbocycles. The van der Waals surface area contributed by atoms with Crippen LogP contribution in [-0.2, 0) is 25.9 Å². The van der Waals surface area contributed by atoms with Crippen molar-refractivity contribution in [3.05, 3.63) is 70.8 Å². The summed E-state index contributed by atoms with van der Waals surface area (Å²) in [6.07, 6.45) is 11.3. The number of rotatable bonds is 22. The van der Waals surface area contributed by atoms with Gasteiger partial charge in [0.05, 0.1) is 0 Å². The van der Waals surface area contributed by atoms with Crippen LogP contribution in [0.2, 0.25) is 0 Å². The fourth-order valence-electron chi connectivity index (χ4n) is 4.21. The highest BCUT2D eigenvalue weighted by Gasteiger charge is 1.96. The molecule has 39 heavy (non-hydrogen) atoms. The van der Waals surface area contributed by atoms with Gasteiger partial charge in [-0.2, -0.15) is 0 Å². The fourth-order valence-corrected chi connectivity index (χ4v) is 4.21. The number of aryl methyl sites for hydroxylation is 2. The summed E-state index contributed by atoms with van der Waals surface area (Å²) in [6, 6.07) is 17.9. The van der Waals surface area contributed by atoms with Gasteiger partial charge in [0.1, 0.15) is 0 Å². The molecule has 0 saturated heterocycles. The van der Waals surface area contributed by atoms with Gasteiger partial charge in [-0.05, 0) is 100 Å². The van der Waals surface area contributed by atoms with Crippen LogP contribution in [0.25, 0.3) is 0 Å². The molecule has 0 spiro atoms. The van der Waals surface area contributed by atoms with E-state index in [1.807, 2.05) is 0 Å². The van der Waals surface area contributed by atoms with Crippen molar-refractivity contribution in [3.63, 3.8) is 0 Å². The molecule has 8 heteroatoms. The van der Waals surface area contributed by atoms with Gasteiger partial charge in [0.2, 0.25) is 0 Å². The van der Waals surface area contributed by atoms with Crippen LogP contribution in [0.3, 0.4) is 0 Å². The third-order valence-electron chi connectivity index (χ3n) is 6.64. The zero-order chi connectivity index (χ0) is 24.8. The lowest BCUT2D eigenvalue weighted by molar-refractivity contribution is 0.537. The van der Waals surface area contributed by atoms with Crippen molar-refractivity contribution in [2.24, 2.45) is 0 Å². The van der Waals surface area contributed by atoms with Gasteiger partial charge in [-0.25, -0.2) is 0 Å². The Morgan fingerprint density at radius 3 is 1.00 bits per heavy atom. The number of hydrogen-bond acceptors (Lipinski definition) is 4. The molecule has 0 aliphatic heterocycles. The number of hydrogen-bond donors (Lipinski definition) is 4. The van der Waals surface area contributed by atoms with Gasteiger partial charge in [0.25, 0.3) is 0 Å². The molecule has 0 atom stereocenters. The van der Waals surface area contributed by atoms with Gasteiger partial charge >= 0.3 is 0 Å². The van der Waals surface area contributed by atoms with Crippen molar-refractivity contribution in [2.75, 3.05) is 39.3 Å². The standard InChI is InChI=1S/C31H52N4.4ClH/c1-3-28-12-16-30(17-13-28)26-34-24-10-22-32-20-8-6-5-7-9-21-33-23-11-25-35-27-31-18-14-29(4-2)15-19-31;;;;/h12-19,32-35H,3-11,20-27H2,1-2H3;4*1H. The van der Waals surface area contributed by atoms with Gasteiger partial charge in [-0.1, -0.05) is 81.6 Å². The van der Waals surface area contributed by atoms with E-state index in [9.17, 15) is 0 Å². The predicted octanol–water partition coefficient (Wildman–Crippen LogP) is 7.29. The summed E-state index contributed by atoms with van der Waals surface area (Å²) in [5.74, 6) is 0. The van der Waals surface area contributed by atoms with Crippen LogP contribution in [-0.4, -0.2) is 39.3 Å². The Hall–Kier alpha value is -0.560. The van der Waals surface area contributed by atoms with Crippen molar-refractivity contribution < 1.29 is 0 Å². The minimum atomic E-state index is 0. The van der Waals surface area contributed by atoms with Gasteiger partial charge in [0.15, 0.2) is 0 Å². The van der Waals surface area contributed by atoms with E-state index in [-0.39, 0.29) is 49.6 Å². The van der Waals surface area contributed by atoms with Crippen LogP contribution in [0, 0.1) is 0 Å². The molecule has 0 heterocycles. The average molecular weight is 627 g/mol. The van der Waals surface area contributed by atoms with E-state index in [2.05, 4.69) is 83.6 Å². The smallest absolute Gasteiger partial charge is 0.0205 e. The summed E-state index contributed by atoms with van der Waals surface area (Å²) in [7, 11) is 0. The van der Waals surface area contributed by atoms with Gasteiger partial charge < -0.3 is 21.3 Å². The zero-order valence-corrected chi connectivity index (χ0v) is 27.5. The lowest BCUT2D eigenvalue weighted by Gasteiger charge is -2.08. The highest BCUT2D eigenvalue weighted by atomic mass is 35.5. The van der Waals surface area contributed by atoms with E-state index in [4.69, 9.17) is 0 Å². The first-order valence-corrected chi connectivity index (χ1v) is 14.3. The van der Waals surface area contributed by atoms with Crippen molar-refractivity contribution in [3.8, 4) is 0 Å². The topological polar surface area (TPSA) is 48.1 Å². The molecule has 0 amide bonds. The van der Waals surface area contributed by atoms with E-state index >= 15 is 0 Å². The number of halogens is 4. The first-order valence-electron chi connectivity index (χ1n) is 14.3. The molecule has 4 N–H and O–H groups in total. The Bertz CT molecular complexity index is 682. The van der Waals surface area contributed by atoms with Crippen molar-refractivity contribution in [1.82, 2.24) is 21.3 Å². The largest absolute Gasteiger partial charge is 0.317 e. The van der Waals surface area contributed by atoms with Crippen LogP contribution in [0.1, 0.15) is 81.0 Å². The average Bonchev–Trinajstić information content (AvgIpc) is 2.90. The Morgan fingerprint density at radius 2 is 0.641 bits per heavy atom. The molecule has 0 aliphatic carbocycles. The second-order valence-corrected chi connectivity index (χ2v) is 9.67. The highest BCUT2D eigenvalue weighted by molar-refractivity contribution is 5.86. The zero-order valence-electron chi connectivity index (χ0n) is 24.3. The van der Waals surface area contributed by atoms with Crippen LogP contribution in [0.5, 0.6) is 0 Å². The fraction of sp³-hybridized carbons (Fsp3) is 0.613. The van der Waals surface area contributed by atoms with Crippen LogP contribution in [0.15, 0.2) is 48.5 Å². The molecule has 0 radical (unpaired) electrons. The van der Waals surface area contributed by atoms with Crippen LogP contribution < -0.4 is 21.3 Å². The molecule has 0 fully saturated rings. The molecule has 2 rings (SSSR count). The molecular formula is C31H56Cl4N4. The third kappa shape index (κ3) is 22.8. The van der Waals surface area contributed by atoms with E-state index < -0.39 is 0 Å². The molecule has 0 aromatic heterocycles. The van der Waals surface area contributed by atoms with Crippen LogP contribution >= 0.6 is 49.6 Å². The first kappa shape index (κ1) is 42.9. The Morgan fingerprint density at radius 1 is 0.359 bits per heavy atom. The van der Waals surface area contributed by atoms with Gasteiger partial charge in [-0.3, -0.25) is 0 Å². The van der Waals surface area contributed by atoms with Crippen LogP contribution in [0.4, 0.5) is 0 Å². The summed E-state index contributed by atoms with van der Waals surface area (Å²) < 4.78 is 0. The molecule has 0 bridgehead atoms. The lowest BCUT2D eigenvalue weighted by atomic mass is 10.1. The molecule has 0 unspecified atom stereocenters. The predicted molar refractivity (Wildman–Crippen MR) is 182 cm³/mol.